The maximum Gasteiger partial charge on any atom is 0.271 e. The molecule has 1 aliphatic heterocycles. The van der Waals surface area contributed by atoms with Crippen LogP contribution in [0, 0.1) is 11.3 Å². The molecule has 1 aromatic heterocycles. The van der Waals surface area contributed by atoms with Crippen molar-refractivity contribution in [3.63, 3.8) is 0 Å². The summed E-state index contributed by atoms with van der Waals surface area (Å²) < 4.78 is 7.36. The van der Waals surface area contributed by atoms with Crippen molar-refractivity contribution in [2.24, 2.45) is 0 Å². The van der Waals surface area contributed by atoms with E-state index in [-0.39, 0.29) is 17.5 Å². The van der Waals surface area contributed by atoms with Crippen LogP contribution in [0.4, 0.5) is 0 Å². The lowest BCUT2D eigenvalue weighted by Crippen LogP contribution is -2.47. The molecular weight excluding hydrogens is 464 g/mol. The number of nitrogens with zero attached hydrogens (tertiary/aromatic N) is 4. The van der Waals surface area contributed by atoms with Crippen LogP contribution in [0.2, 0.25) is 0 Å². The van der Waals surface area contributed by atoms with Gasteiger partial charge in [0.25, 0.3) is 11.8 Å². The zero-order chi connectivity index (χ0) is 25.9. The number of nitriles is 1. The zero-order valence-electron chi connectivity index (χ0n) is 21.0. The lowest BCUT2D eigenvalue weighted by molar-refractivity contribution is -0.143. The molecule has 7 nitrogen and oxygen atoms in total. The van der Waals surface area contributed by atoms with E-state index in [4.69, 9.17) is 9.84 Å². The van der Waals surface area contributed by atoms with Crippen LogP contribution < -0.4 is 4.74 Å². The summed E-state index contributed by atoms with van der Waals surface area (Å²) in [4.78, 5) is 28.1. The summed E-state index contributed by atoms with van der Waals surface area (Å²) in [6.45, 7) is 4.18. The Morgan fingerprint density at radius 1 is 1.05 bits per heavy atom. The van der Waals surface area contributed by atoms with Crippen LogP contribution in [0.1, 0.15) is 45.1 Å². The van der Waals surface area contributed by atoms with Gasteiger partial charge in [0, 0.05) is 28.9 Å². The van der Waals surface area contributed by atoms with Gasteiger partial charge in [-0.2, -0.15) is 10.4 Å². The van der Waals surface area contributed by atoms with Crippen LogP contribution in [-0.2, 0) is 9.59 Å². The van der Waals surface area contributed by atoms with Gasteiger partial charge >= 0.3 is 0 Å². The number of hydrogen-bond donors (Lipinski definition) is 0. The maximum atomic E-state index is 13.7. The minimum Gasteiger partial charge on any atom is -0.494 e. The summed E-state index contributed by atoms with van der Waals surface area (Å²) in [5, 5.41) is 14.6. The molecule has 186 valence electrons. The number of hydrogen-bond acceptors (Lipinski definition) is 5. The Bertz CT molecular complexity index is 1440. The van der Waals surface area contributed by atoms with E-state index in [1.807, 2.05) is 73.8 Å². The quantitative estimate of drug-likeness (QED) is 0.336. The van der Waals surface area contributed by atoms with Crippen LogP contribution in [0.15, 0.2) is 77.5 Å². The van der Waals surface area contributed by atoms with Crippen LogP contribution in [-0.4, -0.2) is 39.1 Å². The molecule has 0 N–H and O–H groups in total. The topological polar surface area (TPSA) is 88.2 Å². The summed E-state index contributed by atoms with van der Waals surface area (Å²) in [5.74, 6) is -0.0708. The van der Waals surface area contributed by atoms with Gasteiger partial charge in [0.2, 0.25) is 0 Å². The summed E-state index contributed by atoms with van der Waals surface area (Å²) in [5.41, 5.74) is 3.91. The molecule has 2 amide bonds. The standard InChI is InChI=1S/C30H28N4O3/c1-3-37-25-15-13-21(14-16-25)28-22(19-33(32-28)23-9-5-4-6-10-23)17-26-20(2)27(18-31)30(36)34(29(26)35)24-11-7-8-12-24/h4-6,9-10,13-17,19,24H,3,7-8,11-12H2,1-2H3/b26-17+. The fourth-order valence-electron chi connectivity index (χ4n) is 5.06. The Labute approximate surface area is 216 Å². The minimum absolute atomic E-state index is 0.0239. The molecular formula is C30H28N4O3. The fraction of sp³-hybridized carbons (Fsp3) is 0.267. The first-order valence-electron chi connectivity index (χ1n) is 12.6. The minimum atomic E-state index is -0.485. The highest BCUT2D eigenvalue weighted by molar-refractivity contribution is 6.20. The molecule has 2 aromatic carbocycles. The molecule has 3 aromatic rings. The summed E-state index contributed by atoms with van der Waals surface area (Å²) in [7, 11) is 0. The number of ether oxygens (including phenoxy) is 1. The smallest absolute Gasteiger partial charge is 0.271 e. The number of aromatic nitrogens is 2. The van der Waals surface area contributed by atoms with Gasteiger partial charge in [0.1, 0.15) is 17.4 Å². The van der Waals surface area contributed by atoms with Crippen molar-refractivity contribution in [2.75, 3.05) is 6.61 Å². The molecule has 7 heteroatoms. The molecule has 0 bridgehead atoms. The largest absolute Gasteiger partial charge is 0.494 e. The summed E-state index contributed by atoms with van der Waals surface area (Å²) in [6.07, 6.45) is 7.12. The zero-order valence-corrected chi connectivity index (χ0v) is 21.0. The number of carbonyl (C=O) groups is 2. The van der Waals surface area contributed by atoms with E-state index in [1.54, 1.807) is 17.7 Å². The molecule has 2 heterocycles. The Balaban J connectivity index is 1.65. The summed E-state index contributed by atoms with van der Waals surface area (Å²) in [6, 6.07) is 19.3. The maximum absolute atomic E-state index is 13.7. The molecule has 1 fully saturated rings. The van der Waals surface area contributed by atoms with Crippen molar-refractivity contribution < 1.29 is 14.3 Å². The Hall–Kier alpha value is -4.44. The molecule has 5 rings (SSSR count). The molecule has 0 spiro atoms. The molecule has 1 aliphatic carbocycles. The molecule has 1 saturated carbocycles. The van der Waals surface area contributed by atoms with E-state index in [9.17, 15) is 14.9 Å². The molecule has 0 saturated heterocycles. The fourth-order valence-corrected chi connectivity index (χ4v) is 5.06. The SMILES string of the molecule is CCOc1ccc(-c2nn(-c3ccccc3)cc2/C=C2/C(=O)N(C3CCCC3)C(=O)C(C#N)=C2C)cc1. The number of amides is 2. The van der Waals surface area contributed by atoms with Gasteiger partial charge in [0.15, 0.2) is 0 Å². The average Bonchev–Trinajstić information content (AvgIpc) is 3.59. The van der Waals surface area contributed by atoms with Crippen LogP contribution in [0.5, 0.6) is 5.75 Å². The van der Waals surface area contributed by atoms with Crippen molar-refractivity contribution >= 4 is 17.9 Å². The third-order valence-corrected chi connectivity index (χ3v) is 6.96. The molecule has 2 aliphatic rings. The normalized spacial score (nSPS) is 17.5. The van der Waals surface area contributed by atoms with E-state index < -0.39 is 5.91 Å². The lowest BCUT2D eigenvalue weighted by atomic mass is 9.92. The first-order chi connectivity index (χ1) is 18.0. The Morgan fingerprint density at radius 3 is 2.41 bits per heavy atom. The van der Waals surface area contributed by atoms with Gasteiger partial charge in [-0.1, -0.05) is 31.0 Å². The van der Waals surface area contributed by atoms with Crippen molar-refractivity contribution in [1.29, 1.82) is 5.26 Å². The highest BCUT2D eigenvalue weighted by Crippen LogP contribution is 2.35. The van der Waals surface area contributed by atoms with Gasteiger partial charge < -0.3 is 4.74 Å². The van der Waals surface area contributed by atoms with Crippen LogP contribution in [0.25, 0.3) is 23.0 Å². The molecule has 0 radical (unpaired) electrons. The van der Waals surface area contributed by atoms with Gasteiger partial charge in [-0.15, -0.1) is 0 Å². The second kappa shape index (κ2) is 10.3. The summed E-state index contributed by atoms with van der Waals surface area (Å²) >= 11 is 0. The van der Waals surface area contributed by atoms with E-state index in [1.165, 1.54) is 4.90 Å². The van der Waals surface area contributed by atoms with Crippen molar-refractivity contribution in [3.05, 3.63) is 83.1 Å². The predicted octanol–water partition coefficient (Wildman–Crippen LogP) is 5.47. The van der Waals surface area contributed by atoms with Gasteiger partial charge in [0.05, 0.1) is 18.0 Å². The predicted molar refractivity (Wildman–Crippen MR) is 141 cm³/mol. The first-order valence-corrected chi connectivity index (χ1v) is 12.6. The van der Waals surface area contributed by atoms with Crippen LogP contribution in [0.3, 0.4) is 0 Å². The third kappa shape index (κ3) is 4.58. The average molecular weight is 493 g/mol. The van der Waals surface area contributed by atoms with Crippen molar-refractivity contribution in [2.45, 2.75) is 45.6 Å². The van der Waals surface area contributed by atoms with Crippen LogP contribution >= 0.6 is 0 Å². The third-order valence-electron chi connectivity index (χ3n) is 6.96. The number of para-hydroxylation sites is 1. The van der Waals surface area contributed by atoms with Gasteiger partial charge in [-0.3, -0.25) is 14.5 Å². The Morgan fingerprint density at radius 2 is 1.76 bits per heavy atom. The lowest BCUT2D eigenvalue weighted by Gasteiger charge is -2.32. The number of rotatable bonds is 6. The van der Waals surface area contributed by atoms with Gasteiger partial charge in [-0.05, 0) is 74.7 Å². The van der Waals surface area contributed by atoms with Crippen molar-refractivity contribution in [3.8, 4) is 28.8 Å². The Kier molecular flexibility index (Phi) is 6.74. The van der Waals surface area contributed by atoms with E-state index >= 15 is 0 Å². The number of carbonyl (C=O) groups excluding carboxylic acids is 2. The first kappa shape index (κ1) is 24.3. The second-order valence-corrected chi connectivity index (χ2v) is 9.26. The second-order valence-electron chi connectivity index (χ2n) is 9.26. The van der Waals surface area contributed by atoms with E-state index in [2.05, 4.69) is 0 Å². The number of benzene rings is 2. The van der Waals surface area contributed by atoms with E-state index in [0.29, 0.717) is 29.0 Å². The molecule has 0 atom stereocenters. The highest BCUT2D eigenvalue weighted by atomic mass is 16.5. The number of imide groups is 1. The highest BCUT2D eigenvalue weighted by Gasteiger charge is 2.40. The monoisotopic (exact) mass is 492 g/mol. The molecule has 37 heavy (non-hydrogen) atoms. The molecule has 0 unspecified atom stereocenters. The van der Waals surface area contributed by atoms with Crippen molar-refractivity contribution in [1.82, 2.24) is 14.7 Å². The van der Waals surface area contributed by atoms with Gasteiger partial charge in [-0.25, -0.2) is 4.68 Å². The van der Waals surface area contributed by atoms with E-state index in [0.717, 1.165) is 42.7 Å².